The summed E-state index contributed by atoms with van der Waals surface area (Å²) < 4.78 is 0. The summed E-state index contributed by atoms with van der Waals surface area (Å²) in [5, 5.41) is 3.57. The lowest BCUT2D eigenvalue weighted by Gasteiger charge is -2.30. The standard InChI is InChI=1S/C17H27N3/c1-15-9-14-20(13-4-10-18-15)17-7-5-16(6-8-17)19-11-2-3-12-19/h5-8,15,18H,2-4,9-14H2,1H3. The van der Waals surface area contributed by atoms with Gasteiger partial charge < -0.3 is 15.1 Å². The van der Waals surface area contributed by atoms with Crippen LogP contribution in [0.2, 0.25) is 0 Å². The minimum Gasteiger partial charge on any atom is -0.372 e. The Kier molecular flexibility index (Phi) is 4.46. The molecule has 3 heteroatoms. The highest BCUT2D eigenvalue weighted by Gasteiger charge is 2.14. The molecule has 20 heavy (non-hydrogen) atoms. The smallest absolute Gasteiger partial charge is 0.0367 e. The Labute approximate surface area is 123 Å². The lowest BCUT2D eigenvalue weighted by atomic mass is 10.1. The molecular formula is C17H27N3. The number of nitrogens with zero attached hydrogens (tertiary/aromatic N) is 2. The number of benzene rings is 1. The van der Waals surface area contributed by atoms with E-state index >= 15 is 0 Å². The number of hydrogen-bond donors (Lipinski definition) is 1. The number of nitrogens with one attached hydrogen (secondary N) is 1. The van der Waals surface area contributed by atoms with Crippen molar-refractivity contribution >= 4 is 11.4 Å². The van der Waals surface area contributed by atoms with Crippen LogP contribution in [0.3, 0.4) is 0 Å². The molecule has 0 amide bonds. The Hall–Kier alpha value is -1.22. The second-order valence-electron chi connectivity index (χ2n) is 6.20. The molecule has 3 nitrogen and oxygen atoms in total. The first-order chi connectivity index (χ1) is 9.83. The number of anilines is 2. The van der Waals surface area contributed by atoms with Crippen LogP contribution in [0.4, 0.5) is 11.4 Å². The van der Waals surface area contributed by atoms with E-state index in [9.17, 15) is 0 Å². The molecule has 2 fully saturated rings. The fourth-order valence-corrected chi connectivity index (χ4v) is 3.29. The predicted octanol–water partition coefficient (Wildman–Crippen LogP) is 2.87. The SMILES string of the molecule is CC1CCN(c2ccc(N3CCCC3)cc2)CCCN1. The maximum Gasteiger partial charge on any atom is 0.0367 e. The minimum absolute atomic E-state index is 0.640. The van der Waals surface area contributed by atoms with E-state index in [4.69, 9.17) is 0 Å². The third kappa shape index (κ3) is 3.26. The first-order valence-electron chi connectivity index (χ1n) is 8.16. The third-order valence-electron chi connectivity index (χ3n) is 4.62. The van der Waals surface area contributed by atoms with Crippen molar-refractivity contribution in [2.24, 2.45) is 0 Å². The molecule has 3 rings (SSSR count). The number of hydrogen-bond acceptors (Lipinski definition) is 3. The molecule has 2 aliphatic heterocycles. The average molecular weight is 273 g/mol. The summed E-state index contributed by atoms with van der Waals surface area (Å²) >= 11 is 0. The van der Waals surface area contributed by atoms with Crippen LogP contribution in [0, 0.1) is 0 Å². The second-order valence-corrected chi connectivity index (χ2v) is 6.20. The molecule has 0 spiro atoms. The third-order valence-corrected chi connectivity index (χ3v) is 4.62. The summed E-state index contributed by atoms with van der Waals surface area (Å²) in [6.07, 6.45) is 5.16. The molecule has 2 saturated heterocycles. The predicted molar refractivity (Wildman–Crippen MR) is 86.8 cm³/mol. The lowest BCUT2D eigenvalue weighted by molar-refractivity contribution is 0.475. The molecule has 0 saturated carbocycles. The van der Waals surface area contributed by atoms with E-state index in [1.807, 2.05) is 0 Å². The topological polar surface area (TPSA) is 18.5 Å². The lowest BCUT2D eigenvalue weighted by Crippen LogP contribution is -2.38. The van der Waals surface area contributed by atoms with Crippen LogP contribution < -0.4 is 15.1 Å². The van der Waals surface area contributed by atoms with Gasteiger partial charge in [0.05, 0.1) is 0 Å². The first kappa shape index (κ1) is 13.7. The van der Waals surface area contributed by atoms with Crippen molar-refractivity contribution in [1.82, 2.24) is 5.32 Å². The molecule has 1 N–H and O–H groups in total. The fraction of sp³-hybridized carbons (Fsp3) is 0.647. The summed E-state index contributed by atoms with van der Waals surface area (Å²) in [6, 6.07) is 9.88. The van der Waals surface area contributed by atoms with Crippen LogP contribution in [-0.4, -0.2) is 38.8 Å². The van der Waals surface area contributed by atoms with Gasteiger partial charge in [-0.15, -0.1) is 0 Å². The highest BCUT2D eigenvalue weighted by atomic mass is 15.2. The van der Waals surface area contributed by atoms with E-state index in [-0.39, 0.29) is 0 Å². The zero-order chi connectivity index (χ0) is 13.8. The van der Waals surface area contributed by atoms with Crippen molar-refractivity contribution in [3.05, 3.63) is 24.3 Å². The van der Waals surface area contributed by atoms with Crippen molar-refractivity contribution in [1.29, 1.82) is 0 Å². The zero-order valence-corrected chi connectivity index (χ0v) is 12.6. The monoisotopic (exact) mass is 273 g/mol. The van der Waals surface area contributed by atoms with Crippen molar-refractivity contribution < 1.29 is 0 Å². The Morgan fingerprint density at radius 2 is 1.40 bits per heavy atom. The molecule has 1 atom stereocenters. The summed E-state index contributed by atoms with van der Waals surface area (Å²) in [5.74, 6) is 0. The summed E-state index contributed by atoms with van der Waals surface area (Å²) in [5.41, 5.74) is 2.79. The van der Waals surface area contributed by atoms with Crippen molar-refractivity contribution in [2.45, 2.75) is 38.6 Å². The van der Waals surface area contributed by atoms with E-state index in [2.05, 4.69) is 46.3 Å². The molecule has 1 aromatic rings. The molecule has 0 aliphatic carbocycles. The highest BCUT2D eigenvalue weighted by Crippen LogP contribution is 2.24. The second kappa shape index (κ2) is 6.49. The quantitative estimate of drug-likeness (QED) is 0.894. The van der Waals surface area contributed by atoms with E-state index in [0.29, 0.717) is 6.04 Å². The minimum atomic E-state index is 0.640. The molecule has 2 heterocycles. The molecule has 110 valence electrons. The van der Waals surface area contributed by atoms with Gasteiger partial charge in [0, 0.05) is 43.6 Å². The zero-order valence-electron chi connectivity index (χ0n) is 12.6. The van der Waals surface area contributed by atoms with Crippen LogP contribution in [0.15, 0.2) is 24.3 Å². The molecule has 0 bridgehead atoms. The molecular weight excluding hydrogens is 246 g/mol. The molecule has 0 radical (unpaired) electrons. The van der Waals surface area contributed by atoms with Gasteiger partial charge >= 0.3 is 0 Å². The van der Waals surface area contributed by atoms with Crippen LogP contribution >= 0.6 is 0 Å². The van der Waals surface area contributed by atoms with Crippen molar-refractivity contribution in [2.75, 3.05) is 42.5 Å². The van der Waals surface area contributed by atoms with Gasteiger partial charge in [0.15, 0.2) is 0 Å². The normalized spacial score (nSPS) is 24.6. The van der Waals surface area contributed by atoms with Gasteiger partial charge in [-0.2, -0.15) is 0 Å². The highest BCUT2D eigenvalue weighted by molar-refractivity contribution is 5.56. The maximum atomic E-state index is 3.57. The van der Waals surface area contributed by atoms with Crippen LogP contribution in [0.5, 0.6) is 0 Å². The molecule has 1 aromatic carbocycles. The Balaban J connectivity index is 1.66. The molecule has 0 aromatic heterocycles. The van der Waals surface area contributed by atoms with Crippen molar-refractivity contribution in [3.8, 4) is 0 Å². The van der Waals surface area contributed by atoms with Gasteiger partial charge in [0.1, 0.15) is 0 Å². The van der Waals surface area contributed by atoms with Crippen LogP contribution in [0.1, 0.15) is 32.6 Å². The van der Waals surface area contributed by atoms with E-state index in [1.54, 1.807) is 0 Å². The Morgan fingerprint density at radius 1 is 0.850 bits per heavy atom. The average Bonchev–Trinajstić information content (AvgIpc) is 2.98. The van der Waals surface area contributed by atoms with Gasteiger partial charge in [-0.3, -0.25) is 0 Å². The van der Waals surface area contributed by atoms with E-state index in [1.165, 1.54) is 56.7 Å². The van der Waals surface area contributed by atoms with Gasteiger partial charge in [-0.05, 0) is 63.4 Å². The molecule has 1 unspecified atom stereocenters. The van der Waals surface area contributed by atoms with E-state index in [0.717, 1.165) is 13.1 Å². The van der Waals surface area contributed by atoms with Gasteiger partial charge in [-0.1, -0.05) is 0 Å². The van der Waals surface area contributed by atoms with Gasteiger partial charge in [-0.25, -0.2) is 0 Å². The maximum absolute atomic E-state index is 3.57. The fourth-order valence-electron chi connectivity index (χ4n) is 3.29. The summed E-state index contributed by atoms with van der Waals surface area (Å²) in [4.78, 5) is 5.05. The van der Waals surface area contributed by atoms with Crippen LogP contribution in [0.25, 0.3) is 0 Å². The van der Waals surface area contributed by atoms with Gasteiger partial charge in [0.25, 0.3) is 0 Å². The Bertz CT molecular complexity index is 409. The number of rotatable bonds is 2. The largest absolute Gasteiger partial charge is 0.372 e. The molecule has 2 aliphatic rings. The van der Waals surface area contributed by atoms with E-state index < -0.39 is 0 Å². The van der Waals surface area contributed by atoms with Crippen LogP contribution in [-0.2, 0) is 0 Å². The van der Waals surface area contributed by atoms with Gasteiger partial charge in [0.2, 0.25) is 0 Å². The van der Waals surface area contributed by atoms with Crippen molar-refractivity contribution in [3.63, 3.8) is 0 Å². The first-order valence-corrected chi connectivity index (χ1v) is 8.16. The summed E-state index contributed by atoms with van der Waals surface area (Å²) in [6.45, 7) is 8.22. The Morgan fingerprint density at radius 3 is 2.05 bits per heavy atom. The summed E-state index contributed by atoms with van der Waals surface area (Å²) in [7, 11) is 0.